The molecule has 0 saturated carbocycles. The van der Waals surface area contributed by atoms with E-state index in [-0.39, 0.29) is 25.7 Å². The lowest BCUT2D eigenvalue weighted by molar-refractivity contribution is -0.121. The first kappa shape index (κ1) is 17.7. The molecule has 0 saturated heterocycles. The number of rotatable bonds is 9. The predicted octanol–water partition coefficient (Wildman–Crippen LogP) is 1.62. The van der Waals surface area contributed by atoms with E-state index in [9.17, 15) is 4.79 Å². The summed E-state index contributed by atoms with van der Waals surface area (Å²) in [7, 11) is 1.61. The highest BCUT2D eigenvalue weighted by Crippen LogP contribution is 2.13. The molecule has 0 bridgehead atoms. The molecule has 0 unspecified atom stereocenters. The summed E-state index contributed by atoms with van der Waals surface area (Å²) in [5.74, 6) is 0.891. The second-order valence-corrected chi connectivity index (χ2v) is 4.85. The number of aromatic nitrogens is 1. The van der Waals surface area contributed by atoms with Crippen molar-refractivity contribution in [3.8, 4) is 11.6 Å². The largest absolute Gasteiger partial charge is 0.497 e. The summed E-state index contributed by atoms with van der Waals surface area (Å²) in [6, 6.07) is 10.7. The van der Waals surface area contributed by atoms with Crippen molar-refractivity contribution < 1.29 is 24.1 Å². The molecule has 0 aliphatic carbocycles. The van der Waals surface area contributed by atoms with Gasteiger partial charge >= 0.3 is 0 Å². The molecule has 7 heteroatoms. The van der Waals surface area contributed by atoms with Crippen LogP contribution in [0.4, 0.5) is 5.69 Å². The Hall–Kier alpha value is -2.64. The molecule has 1 aromatic carbocycles. The Bertz CT molecular complexity index is 628. The molecule has 0 spiro atoms. The molecule has 1 heterocycles. The summed E-state index contributed by atoms with van der Waals surface area (Å²) in [5.41, 5.74) is 1.50. The van der Waals surface area contributed by atoms with E-state index >= 15 is 0 Å². The number of nitrogens with one attached hydrogen (secondary N) is 1. The van der Waals surface area contributed by atoms with E-state index < -0.39 is 0 Å². The average Bonchev–Trinajstić information content (AvgIpc) is 2.62. The van der Waals surface area contributed by atoms with Gasteiger partial charge in [-0.25, -0.2) is 4.98 Å². The zero-order chi connectivity index (χ0) is 17.2. The van der Waals surface area contributed by atoms with Crippen molar-refractivity contribution in [3.05, 3.63) is 48.2 Å². The summed E-state index contributed by atoms with van der Waals surface area (Å²) in [6.07, 6.45) is 1.48. The van der Waals surface area contributed by atoms with Crippen LogP contribution in [0.2, 0.25) is 0 Å². The van der Waals surface area contributed by atoms with Crippen molar-refractivity contribution in [3.63, 3.8) is 0 Å². The fourth-order valence-corrected chi connectivity index (χ4v) is 1.87. The monoisotopic (exact) mass is 332 g/mol. The third kappa shape index (κ3) is 5.86. The predicted molar refractivity (Wildman–Crippen MR) is 88.1 cm³/mol. The highest BCUT2D eigenvalue weighted by molar-refractivity contribution is 5.91. The Morgan fingerprint density at radius 3 is 2.62 bits per heavy atom. The van der Waals surface area contributed by atoms with Gasteiger partial charge in [-0.15, -0.1) is 0 Å². The quantitative estimate of drug-likeness (QED) is 0.725. The highest BCUT2D eigenvalue weighted by atomic mass is 16.5. The number of hydrogen-bond acceptors (Lipinski definition) is 6. The van der Waals surface area contributed by atoms with Gasteiger partial charge < -0.3 is 24.6 Å². The molecular weight excluding hydrogens is 312 g/mol. The van der Waals surface area contributed by atoms with E-state index in [1.165, 1.54) is 6.20 Å². The summed E-state index contributed by atoms with van der Waals surface area (Å²) >= 11 is 0. The zero-order valence-electron chi connectivity index (χ0n) is 13.4. The van der Waals surface area contributed by atoms with E-state index in [0.717, 1.165) is 11.3 Å². The molecule has 0 radical (unpaired) electrons. The van der Waals surface area contributed by atoms with Gasteiger partial charge in [-0.05, 0) is 23.8 Å². The van der Waals surface area contributed by atoms with E-state index in [0.29, 0.717) is 18.2 Å². The van der Waals surface area contributed by atoms with Crippen molar-refractivity contribution >= 4 is 11.6 Å². The number of nitrogens with zero attached hydrogens (tertiary/aromatic N) is 1. The minimum absolute atomic E-state index is 0.0607. The third-order valence-corrected chi connectivity index (χ3v) is 3.02. The van der Waals surface area contributed by atoms with E-state index in [1.807, 2.05) is 24.3 Å². The number of anilines is 1. The van der Waals surface area contributed by atoms with E-state index in [2.05, 4.69) is 10.3 Å². The summed E-state index contributed by atoms with van der Waals surface area (Å²) in [5, 5.41) is 11.3. The molecule has 0 aliphatic rings. The van der Waals surface area contributed by atoms with Crippen LogP contribution in [0.3, 0.4) is 0 Å². The van der Waals surface area contributed by atoms with Gasteiger partial charge in [-0.2, -0.15) is 0 Å². The fourth-order valence-electron chi connectivity index (χ4n) is 1.87. The molecule has 0 fully saturated rings. The van der Waals surface area contributed by atoms with Crippen LogP contribution in [-0.4, -0.2) is 42.9 Å². The van der Waals surface area contributed by atoms with Crippen molar-refractivity contribution in [1.82, 2.24) is 4.98 Å². The highest BCUT2D eigenvalue weighted by Gasteiger charge is 2.04. The van der Waals surface area contributed by atoms with Gasteiger partial charge in [0.1, 0.15) is 19.0 Å². The van der Waals surface area contributed by atoms with Crippen LogP contribution in [0.25, 0.3) is 0 Å². The first-order valence-electron chi connectivity index (χ1n) is 7.41. The van der Waals surface area contributed by atoms with Gasteiger partial charge in [0.2, 0.25) is 11.8 Å². The van der Waals surface area contributed by atoms with Gasteiger partial charge in [-0.3, -0.25) is 4.79 Å². The Labute approximate surface area is 140 Å². The maximum Gasteiger partial charge on any atom is 0.250 e. The summed E-state index contributed by atoms with van der Waals surface area (Å²) in [4.78, 5) is 15.8. The molecule has 0 aliphatic heterocycles. The number of amides is 1. The van der Waals surface area contributed by atoms with Crippen LogP contribution in [-0.2, 0) is 16.1 Å². The molecular formula is C17H20N2O5. The zero-order valence-corrected chi connectivity index (χ0v) is 13.4. The van der Waals surface area contributed by atoms with Crippen LogP contribution in [0.5, 0.6) is 11.6 Å². The van der Waals surface area contributed by atoms with Gasteiger partial charge in [0.15, 0.2) is 0 Å². The molecule has 7 nitrogen and oxygen atoms in total. The van der Waals surface area contributed by atoms with Gasteiger partial charge in [-0.1, -0.05) is 12.1 Å². The Balaban J connectivity index is 1.72. The molecule has 1 amide bonds. The number of methoxy groups -OCH3 is 1. The molecule has 2 aromatic rings. The summed E-state index contributed by atoms with van der Waals surface area (Å²) < 4.78 is 15.6. The Morgan fingerprint density at radius 1 is 1.21 bits per heavy atom. The first-order valence-corrected chi connectivity index (χ1v) is 7.41. The first-order chi connectivity index (χ1) is 11.7. The maximum atomic E-state index is 11.8. The van der Waals surface area contributed by atoms with Gasteiger partial charge in [0, 0.05) is 6.07 Å². The number of aliphatic hydroxyl groups excluding tert-OH is 1. The Kier molecular flexibility index (Phi) is 7.00. The summed E-state index contributed by atoms with van der Waals surface area (Å²) in [6.45, 7) is 0.377. The topological polar surface area (TPSA) is 89.9 Å². The number of ether oxygens (including phenoxy) is 3. The molecule has 1 aromatic heterocycles. The Morgan fingerprint density at radius 2 is 2.00 bits per heavy atom. The van der Waals surface area contributed by atoms with Crippen LogP contribution < -0.4 is 14.8 Å². The van der Waals surface area contributed by atoms with Crippen molar-refractivity contribution in [2.45, 2.75) is 6.61 Å². The number of aliphatic hydroxyl groups is 1. The lowest BCUT2D eigenvalue weighted by Gasteiger charge is -2.08. The molecule has 24 heavy (non-hydrogen) atoms. The van der Waals surface area contributed by atoms with Crippen LogP contribution in [0.15, 0.2) is 42.6 Å². The third-order valence-electron chi connectivity index (χ3n) is 3.02. The number of hydrogen-bond donors (Lipinski definition) is 2. The standard InChI is InChI=1S/C17H20N2O5/c1-22-15-5-2-13(3-6-15)11-23-12-16(21)19-14-4-7-17(18-10-14)24-9-8-20/h2-7,10,20H,8-9,11-12H2,1H3,(H,19,21). The smallest absolute Gasteiger partial charge is 0.250 e. The van der Waals surface area contributed by atoms with Crippen molar-refractivity contribution in [1.29, 1.82) is 0 Å². The van der Waals surface area contributed by atoms with Crippen LogP contribution in [0, 0.1) is 0 Å². The van der Waals surface area contributed by atoms with Crippen LogP contribution >= 0.6 is 0 Å². The molecule has 0 atom stereocenters. The lowest BCUT2D eigenvalue weighted by atomic mass is 10.2. The van der Waals surface area contributed by atoms with Crippen molar-refractivity contribution in [2.24, 2.45) is 0 Å². The van der Waals surface area contributed by atoms with E-state index in [4.69, 9.17) is 19.3 Å². The fraction of sp³-hybridized carbons (Fsp3) is 0.294. The minimum atomic E-state index is -0.269. The van der Waals surface area contributed by atoms with Crippen molar-refractivity contribution in [2.75, 3.05) is 32.2 Å². The normalized spacial score (nSPS) is 10.2. The number of benzene rings is 1. The van der Waals surface area contributed by atoms with Crippen LogP contribution in [0.1, 0.15) is 5.56 Å². The second kappa shape index (κ2) is 9.49. The van der Waals surface area contributed by atoms with E-state index in [1.54, 1.807) is 19.2 Å². The molecule has 128 valence electrons. The minimum Gasteiger partial charge on any atom is -0.497 e. The maximum absolute atomic E-state index is 11.8. The molecule has 2 rings (SSSR count). The number of carbonyl (C=O) groups is 1. The number of pyridine rings is 1. The van der Waals surface area contributed by atoms with Gasteiger partial charge in [0.05, 0.1) is 32.2 Å². The second-order valence-electron chi connectivity index (χ2n) is 4.85. The SMILES string of the molecule is COc1ccc(COCC(=O)Nc2ccc(OCCO)nc2)cc1. The van der Waals surface area contributed by atoms with Gasteiger partial charge in [0.25, 0.3) is 0 Å². The molecule has 2 N–H and O–H groups in total. The lowest BCUT2D eigenvalue weighted by Crippen LogP contribution is -2.18. The average molecular weight is 332 g/mol. The number of carbonyl (C=O) groups excluding carboxylic acids is 1.